The molecule has 0 aliphatic heterocycles. The van der Waals surface area contributed by atoms with E-state index in [-0.39, 0.29) is 4.90 Å². The molecule has 0 saturated heterocycles. The fraction of sp³-hybridized carbons (Fsp3) is 0.333. The molecule has 0 aliphatic rings. The number of rotatable bonds is 7. The van der Waals surface area contributed by atoms with Gasteiger partial charge in [-0.05, 0) is 55.7 Å². The van der Waals surface area contributed by atoms with Gasteiger partial charge in [0.25, 0.3) is 0 Å². The predicted molar refractivity (Wildman–Crippen MR) is 79.9 cm³/mol. The maximum absolute atomic E-state index is 12.2. The lowest BCUT2D eigenvalue weighted by Gasteiger charge is -2.10. The second-order valence-corrected chi connectivity index (χ2v) is 6.41. The number of furan rings is 1. The molecule has 2 aromatic rings. The zero-order chi connectivity index (χ0) is 15.3. The Morgan fingerprint density at radius 3 is 2.71 bits per heavy atom. The number of nitrogens with one attached hydrogen (secondary N) is 1. The van der Waals surface area contributed by atoms with Gasteiger partial charge in [-0.3, -0.25) is 0 Å². The molecular formula is C15H19NO4S. The molecule has 114 valence electrons. The summed E-state index contributed by atoms with van der Waals surface area (Å²) in [5, 5.41) is 0. The average Bonchev–Trinajstić information content (AvgIpc) is 2.94. The second-order valence-electron chi connectivity index (χ2n) is 4.64. The highest BCUT2D eigenvalue weighted by atomic mass is 32.2. The van der Waals surface area contributed by atoms with Gasteiger partial charge >= 0.3 is 0 Å². The number of aryl methyl sites for hydroxylation is 1. The SMILES string of the molecule is CCOc1ccc(S(=O)(=O)NCCc2ccoc2)cc1C. The summed E-state index contributed by atoms with van der Waals surface area (Å²) >= 11 is 0. The Morgan fingerprint density at radius 1 is 1.29 bits per heavy atom. The quantitative estimate of drug-likeness (QED) is 0.853. The van der Waals surface area contributed by atoms with Gasteiger partial charge in [-0.15, -0.1) is 0 Å². The lowest BCUT2D eigenvalue weighted by molar-refractivity contribution is 0.337. The maximum Gasteiger partial charge on any atom is 0.240 e. The predicted octanol–water partition coefficient (Wildman–Crippen LogP) is 2.51. The van der Waals surface area contributed by atoms with Crippen molar-refractivity contribution in [2.24, 2.45) is 0 Å². The van der Waals surface area contributed by atoms with Crippen LogP contribution in [0.2, 0.25) is 0 Å². The number of hydrogen-bond acceptors (Lipinski definition) is 4. The molecule has 0 spiro atoms. The molecule has 0 saturated carbocycles. The minimum Gasteiger partial charge on any atom is -0.494 e. The Hall–Kier alpha value is -1.79. The summed E-state index contributed by atoms with van der Waals surface area (Å²) in [7, 11) is -3.50. The van der Waals surface area contributed by atoms with Crippen molar-refractivity contribution in [2.45, 2.75) is 25.2 Å². The average molecular weight is 309 g/mol. The summed E-state index contributed by atoms with van der Waals surface area (Å²) in [5.41, 5.74) is 1.76. The van der Waals surface area contributed by atoms with Crippen molar-refractivity contribution in [2.75, 3.05) is 13.2 Å². The third-order valence-corrected chi connectivity index (χ3v) is 4.50. The van der Waals surface area contributed by atoms with Gasteiger partial charge in [0, 0.05) is 6.54 Å². The standard InChI is InChI=1S/C15H19NO4S/c1-3-20-15-5-4-14(10-12(15)2)21(17,18)16-8-6-13-7-9-19-11-13/h4-5,7,9-11,16H,3,6,8H2,1-2H3. The molecule has 2 rings (SSSR count). The molecule has 5 nitrogen and oxygen atoms in total. The lowest BCUT2D eigenvalue weighted by Crippen LogP contribution is -2.26. The van der Waals surface area contributed by atoms with Crippen LogP contribution in [0.15, 0.2) is 46.1 Å². The smallest absolute Gasteiger partial charge is 0.240 e. The van der Waals surface area contributed by atoms with Crippen LogP contribution in [0, 0.1) is 6.92 Å². The summed E-state index contributed by atoms with van der Waals surface area (Å²) in [6.07, 6.45) is 3.76. The summed E-state index contributed by atoms with van der Waals surface area (Å²) in [5.74, 6) is 0.704. The van der Waals surface area contributed by atoms with Gasteiger partial charge in [-0.25, -0.2) is 13.1 Å². The minimum atomic E-state index is -3.50. The Morgan fingerprint density at radius 2 is 2.10 bits per heavy atom. The van der Waals surface area contributed by atoms with Gasteiger partial charge in [0.05, 0.1) is 24.0 Å². The number of sulfonamides is 1. The first-order valence-electron chi connectivity index (χ1n) is 6.77. The van der Waals surface area contributed by atoms with Crippen molar-refractivity contribution in [1.82, 2.24) is 4.72 Å². The number of ether oxygens (including phenoxy) is 1. The zero-order valence-corrected chi connectivity index (χ0v) is 12.9. The highest BCUT2D eigenvalue weighted by Gasteiger charge is 2.15. The molecule has 1 aromatic heterocycles. The third-order valence-electron chi connectivity index (χ3n) is 3.04. The Labute approximate surface area is 125 Å². The van der Waals surface area contributed by atoms with E-state index in [1.54, 1.807) is 30.7 Å². The van der Waals surface area contributed by atoms with Crippen LogP contribution in [0.5, 0.6) is 5.75 Å². The molecule has 21 heavy (non-hydrogen) atoms. The number of hydrogen-bond donors (Lipinski definition) is 1. The molecule has 0 atom stereocenters. The normalized spacial score (nSPS) is 11.5. The van der Waals surface area contributed by atoms with Crippen LogP contribution in [0.25, 0.3) is 0 Å². The monoisotopic (exact) mass is 309 g/mol. The molecule has 0 bridgehead atoms. The Kier molecular flexibility index (Phi) is 5.03. The fourth-order valence-corrected chi connectivity index (χ4v) is 3.07. The summed E-state index contributed by atoms with van der Waals surface area (Å²) in [4.78, 5) is 0.246. The van der Waals surface area contributed by atoms with E-state index in [0.717, 1.165) is 11.1 Å². The highest BCUT2D eigenvalue weighted by molar-refractivity contribution is 7.89. The fourth-order valence-electron chi connectivity index (χ4n) is 1.95. The van der Waals surface area contributed by atoms with Crippen LogP contribution < -0.4 is 9.46 Å². The van der Waals surface area contributed by atoms with Gasteiger partial charge in [-0.2, -0.15) is 0 Å². The van der Waals surface area contributed by atoms with Crippen LogP contribution in [0.1, 0.15) is 18.1 Å². The summed E-state index contributed by atoms with van der Waals surface area (Å²) < 4.78 is 37.3. The van der Waals surface area contributed by atoms with Crippen LogP contribution in [-0.4, -0.2) is 21.6 Å². The second kappa shape index (κ2) is 6.78. The molecule has 6 heteroatoms. The minimum absolute atomic E-state index is 0.246. The molecule has 1 N–H and O–H groups in total. The van der Waals surface area contributed by atoms with Crippen LogP contribution in [0.3, 0.4) is 0 Å². The first-order valence-corrected chi connectivity index (χ1v) is 8.25. The third kappa shape index (κ3) is 4.09. The van der Waals surface area contributed by atoms with E-state index in [1.165, 1.54) is 0 Å². The van der Waals surface area contributed by atoms with Crippen molar-refractivity contribution >= 4 is 10.0 Å². The van der Waals surface area contributed by atoms with E-state index in [0.29, 0.717) is 25.3 Å². The summed E-state index contributed by atoms with van der Waals surface area (Å²) in [6, 6.07) is 6.67. The molecular weight excluding hydrogens is 290 g/mol. The first kappa shape index (κ1) is 15.6. The van der Waals surface area contributed by atoms with Crippen LogP contribution >= 0.6 is 0 Å². The van der Waals surface area contributed by atoms with Crippen molar-refractivity contribution in [3.05, 3.63) is 47.9 Å². The summed E-state index contributed by atoms with van der Waals surface area (Å²) in [6.45, 7) is 4.60. The molecule has 1 heterocycles. The van der Waals surface area contributed by atoms with Gasteiger partial charge in [0.15, 0.2) is 0 Å². The van der Waals surface area contributed by atoms with E-state index in [2.05, 4.69) is 4.72 Å². The molecule has 1 aromatic carbocycles. The topological polar surface area (TPSA) is 68.5 Å². The van der Waals surface area contributed by atoms with Gasteiger partial charge in [-0.1, -0.05) is 0 Å². The Balaban J connectivity index is 2.03. The van der Waals surface area contributed by atoms with Crippen molar-refractivity contribution in [3.8, 4) is 5.75 Å². The van der Waals surface area contributed by atoms with Crippen LogP contribution in [-0.2, 0) is 16.4 Å². The highest BCUT2D eigenvalue weighted by Crippen LogP contribution is 2.21. The van der Waals surface area contributed by atoms with Gasteiger partial charge in [0.2, 0.25) is 10.0 Å². The lowest BCUT2D eigenvalue weighted by atomic mass is 10.2. The van der Waals surface area contributed by atoms with E-state index in [4.69, 9.17) is 9.15 Å². The molecule has 0 fully saturated rings. The first-order chi connectivity index (χ1) is 10.0. The van der Waals surface area contributed by atoms with Crippen molar-refractivity contribution in [1.29, 1.82) is 0 Å². The molecule has 0 aliphatic carbocycles. The largest absolute Gasteiger partial charge is 0.494 e. The van der Waals surface area contributed by atoms with Crippen molar-refractivity contribution < 1.29 is 17.6 Å². The van der Waals surface area contributed by atoms with E-state index in [9.17, 15) is 8.42 Å². The molecule has 0 radical (unpaired) electrons. The van der Waals surface area contributed by atoms with E-state index >= 15 is 0 Å². The van der Waals surface area contributed by atoms with Crippen LogP contribution in [0.4, 0.5) is 0 Å². The molecule has 0 amide bonds. The zero-order valence-electron chi connectivity index (χ0n) is 12.1. The van der Waals surface area contributed by atoms with Gasteiger partial charge in [0.1, 0.15) is 5.75 Å². The maximum atomic E-state index is 12.2. The van der Waals surface area contributed by atoms with Crippen molar-refractivity contribution in [3.63, 3.8) is 0 Å². The van der Waals surface area contributed by atoms with E-state index < -0.39 is 10.0 Å². The molecule has 0 unspecified atom stereocenters. The number of benzene rings is 1. The van der Waals surface area contributed by atoms with Gasteiger partial charge < -0.3 is 9.15 Å². The Bertz CT molecular complexity index is 678. The van der Waals surface area contributed by atoms with E-state index in [1.807, 2.05) is 19.9 Å².